The van der Waals surface area contributed by atoms with E-state index in [0.717, 1.165) is 23.0 Å². The summed E-state index contributed by atoms with van der Waals surface area (Å²) >= 11 is 3.39. The zero-order valence-corrected chi connectivity index (χ0v) is 12.6. The van der Waals surface area contributed by atoms with E-state index in [2.05, 4.69) is 21.2 Å². The molecule has 104 valence electrons. The van der Waals surface area contributed by atoms with E-state index in [-0.39, 0.29) is 11.3 Å². The average Bonchev–Trinajstić information content (AvgIpc) is 2.33. The number of methoxy groups -OCH3 is 1. The number of carbonyl (C=O) groups is 1. The van der Waals surface area contributed by atoms with Crippen LogP contribution in [0.15, 0.2) is 22.7 Å². The number of nitrogens with two attached hydrogens (primary N) is 1. The molecule has 1 aromatic carbocycles. The summed E-state index contributed by atoms with van der Waals surface area (Å²) in [4.78, 5) is 12.1. The Morgan fingerprint density at radius 2 is 2.21 bits per heavy atom. The summed E-state index contributed by atoms with van der Waals surface area (Å²) < 4.78 is 6.04. The number of hydrogen-bond donors (Lipinski definition) is 2. The van der Waals surface area contributed by atoms with E-state index in [1.54, 1.807) is 13.2 Å². The van der Waals surface area contributed by atoms with E-state index in [1.807, 2.05) is 12.1 Å². The number of anilines is 1. The van der Waals surface area contributed by atoms with Crippen molar-refractivity contribution in [2.24, 2.45) is 11.1 Å². The van der Waals surface area contributed by atoms with Crippen molar-refractivity contribution in [1.82, 2.24) is 0 Å². The third-order valence-corrected chi connectivity index (χ3v) is 4.23. The topological polar surface area (TPSA) is 64.3 Å². The predicted molar refractivity (Wildman–Crippen MR) is 79.3 cm³/mol. The summed E-state index contributed by atoms with van der Waals surface area (Å²) in [5.41, 5.74) is 6.54. The summed E-state index contributed by atoms with van der Waals surface area (Å²) in [6, 6.07) is 5.51. The molecule has 0 bridgehead atoms. The van der Waals surface area contributed by atoms with Crippen LogP contribution in [0.4, 0.5) is 5.69 Å². The zero-order chi connectivity index (χ0) is 13.9. The molecule has 0 aliphatic heterocycles. The number of nitrogens with one attached hydrogen (secondary N) is 1. The molecule has 19 heavy (non-hydrogen) atoms. The number of hydrogen-bond acceptors (Lipinski definition) is 3. The lowest BCUT2D eigenvalue weighted by atomic mass is 9.66. The van der Waals surface area contributed by atoms with Gasteiger partial charge in [0.25, 0.3) is 0 Å². The third kappa shape index (κ3) is 3.48. The lowest BCUT2D eigenvalue weighted by Gasteiger charge is -2.40. The Hall–Kier alpha value is -1.07. The number of halogens is 1. The van der Waals surface area contributed by atoms with E-state index in [1.165, 1.54) is 6.42 Å². The van der Waals surface area contributed by atoms with Crippen molar-refractivity contribution in [1.29, 1.82) is 0 Å². The Morgan fingerprint density at radius 1 is 1.47 bits per heavy atom. The molecule has 4 nitrogen and oxygen atoms in total. The molecule has 3 N–H and O–H groups in total. The van der Waals surface area contributed by atoms with Gasteiger partial charge in [0.15, 0.2) is 0 Å². The molecule has 1 aliphatic carbocycles. The molecule has 0 heterocycles. The Kier molecular flexibility index (Phi) is 4.47. The van der Waals surface area contributed by atoms with Gasteiger partial charge < -0.3 is 15.8 Å². The minimum atomic E-state index is 0.0188. The molecule has 1 aliphatic rings. The number of amides is 1. The van der Waals surface area contributed by atoms with Gasteiger partial charge in [-0.05, 0) is 36.9 Å². The van der Waals surface area contributed by atoms with Crippen LogP contribution in [-0.2, 0) is 4.79 Å². The van der Waals surface area contributed by atoms with Crippen molar-refractivity contribution in [3.63, 3.8) is 0 Å². The molecule has 1 amide bonds. The highest BCUT2D eigenvalue weighted by atomic mass is 79.9. The molecule has 0 spiro atoms. The fourth-order valence-corrected chi connectivity index (χ4v) is 2.90. The van der Waals surface area contributed by atoms with Crippen LogP contribution in [-0.4, -0.2) is 19.6 Å². The summed E-state index contributed by atoms with van der Waals surface area (Å²) in [6.45, 7) is 0.586. The Bertz CT molecular complexity index is 467. The second-order valence-electron chi connectivity index (χ2n) is 5.16. The van der Waals surface area contributed by atoms with Crippen molar-refractivity contribution in [3.8, 4) is 5.75 Å². The van der Waals surface area contributed by atoms with E-state index < -0.39 is 0 Å². The molecule has 1 aromatic rings. The first-order valence-corrected chi connectivity index (χ1v) is 7.21. The standard InChI is InChI=1S/C14H19BrN2O2/c1-19-12-6-10(15)5-11(7-12)17-13(18)8-14(9-16)3-2-4-14/h5-7H,2-4,8-9,16H2,1H3,(H,17,18). The van der Waals surface area contributed by atoms with E-state index in [4.69, 9.17) is 10.5 Å². The second-order valence-corrected chi connectivity index (χ2v) is 6.08. The van der Waals surface area contributed by atoms with E-state index in [9.17, 15) is 4.79 Å². The van der Waals surface area contributed by atoms with Gasteiger partial charge in [-0.15, -0.1) is 0 Å². The molecule has 0 saturated heterocycles. The van der Waals surface area contributed by atoms with Crippen molar-refractivity contribution in [3.05, 3.63) is 22.7 Å². The van der Waals surface area contributed by atoms with Gasteiger partial charge in [0.1, 0.15) is 5.75 Å². The Balaban J connectivity index is 2.00. The molecule has 0 atom stereocenters. The number of ether oxygens (including phenoxy) is 1. The van der Waals surface area contributed by atoms with Crippen LogP contribution in [0.3, 0.4) is 0 Å². The molecule has 0 aromatic heterocycles. The minimum absolute atomic E-state index is 0.0188. The molecule has 0 unspecified atom stereocenters. The maximum atomic E-state index is 12.1. The number of benzene rings is 1. The Labute approximate surface area is 121 Å². The first kappa shape index (κ1) is 14.3. The van der Waals surface area contributed by atoms with Gasteiger partial charge in [-0.1, -0.05) is 22.4 Å². The van der Waals surface area contributed by atoms with Crippen molar-refractivity contribution < 1.29 is 9.53 Å². The molecule has 5 heteroatoms. The van der Waals surface area contributed by atoms with Gasteiger partial charge in [-0.2, -0.15) is 0 Å². The molecular weight excluding hydrogens is 308 g/mol. The normalized spacial score (nSPS) is 16.6. The predicted octanol–water partition coefficient (Wildman–Crippen LogP) is 2.92. The van der Waals surface area contributed by atoms with Crippen LogP contribution in [0.5, 0.6) is 5.75 Å². The SMILES string of the molecule is COc1cc(Br)cc(NC(=O)CC2(CN)CCC2)c1. The lowest BCUT2D eigenvalue weighted by Crippen LogP contribution is -2.40. The molecular formula is C14H19BrN2O2. The summed E-state index contributed by atoms with van der Waals surface area (Å²) in [5.74, 6) is 0.729. The van der Waals surface area contributed by atoms with Crippen LogP contribution in [0.1, 0.15) is 25.7 Å². The lowest BCUT2D eigenvalue weighted by molar-refractivity contribution is -0.119. The summed E-state index contributed by atoms with van der Waals surface area (Å²) in [7, 11) is 1.60. The number of carbonyl (C=O) groups excluding carboxylic acids is 1. The number of rotatable bonds is 5. The van der Waals surface area contributed by atoms with Crippen LogP contribution in [0.25, 0.3) is 0 Å². The molecule has 2 rings (SSSR count). The van der Waals surface area contributed by atoms with Crippen LogP contribution < -0.4 is 15.8 Å². The van der Waals surface area contributed by atoms with Crippen molar-refractivity contribution in [2.45, 2.75) is 25.7 Å². The van der Waals surface area contributed by atoms with Crippen molar-refractivity contribution in [2.75, 3.05) is 19.0 Å². The summed E-state index contributed by atoms with van der Waals surface area (Å²) in [5, 5.41) is 2.91. The first-order chi connectivity index (χ1) is 9.07. The van der Waals surface area contributed by atoms with Crippen LogP contribution in [0.2, 0.25) is 0 Å². The van der Waals surface area contributed by atoms with Gasteiger partial charge in [0.05, 0.1) is 7.11 Å². The van der Waals surface area contributed by atoms with E-state index >= 15 is 0 Å². The van der Waals surface area contributed by atoms with Crippen molar-refractivity contribution >= 4 is 27.5 Å². The van der Waals surface area contributed by atoms with Gasteiger partial charge in [-0.25, -0.2) is 0 Å². The van der Waals surface area contributed by atoms with Crippen LogP contribution in [0, 0.1) is 5.41 Å². The fraction of sp³-hybridized carbons (Fsp3) is 0.500. The van der Waals surface area contributed by atoms with E-state index in [0.29, 0.717) is 18.7 Å². The maximum absolute atomic E-state index is 12.1. The monoisotopic (exact) mass is 326 g/mol. The first-order valence-electron chi connectivity index (χ1n) is 6.41. The minimum Gasteiger partial charge on any atom is -0.497 e. The van der Waals surface area contributed by atoms with Gasteiger partial charge in [-0.3, -0.25) is 4.79 Å². The van der Waals surface area contributed by atoms with Gasteiger partial charge in [0, 0.05) is 22.6 Å². The molecule has 1 fully saturated rings. The zero-order valence-electron chi connectivity index (χ0n) is 11.0. The second kappa shape index (κ2) is 5.92. The molecule has 1 saturated carbocycles. The summed E-state index contributed by atoms with van der Waals surface area (Å²) in [6.07, 6.45) is 3.78. The third-order valence-electron chi connectivity index (χ3n) is 3.77. The highest BCUT2D eigenvalue weighted by molar-refractivity contribution is 9.10. The highest BCUT2D eigenvalue weighted by Crippen LogP contribution is 2.43. The Morgan fingerprint density at radius 3 is 2.74 bits per heavy atom. The van der Waals surface area contributed by atoms with Crippen LogP contribution >= 0.6 is 15.9 Å². The van der Waals surface area contributed by atoms with Gasteiger partial charge >= 0.3 is 0 Å². The quantitative estimate of drug-likeness (QED) is 0.874. The molecule has 0 radical (unpaired) electrons. The average molecular weight is 327 g/mol. The fourth-order valence-electron chi connectivity index (χ4n) is 2.43. The maximum Gasteiger partial charge on any atom is 0.224 e. The smallest absolute Gasteiger partial charge is 0.224 e. The van der Waals surface area contributed by atoms with Gasteiger partial charge in [0.2, 0.25) is 5.91 Å². The highest BCUT2D eigenvalue weighted by Gasteiger charge is 2.37. The largest absolute Gasteiger partial charge is 0.497 e.